The molecule has 0 rings (SSSR count). The smallest absolute Gasteiger partial charge is 0.140 e. The molecule has 0 aromatic heterocycles. The third-order valence-electron chi connectivity index (χ3n) is 2.69. The van der Waals surface area contributed by atoms with Gasteiger partial charge in [0.2, 0.25) is 0 Å². The van der Waals surface area contributed by atoms with Crippen molar-refractivity contribution in [2.24, 2.45) is 5.14 Å². The van der Waals surface area contributed by atoms with Gasteiger partial charge in [-0.15, -0.1) is 0 Å². The molecule has 6 heteroatoms. The molecule has 0 aliphatic carbocycles. The summed E-state index contributed by atoms with van der Waals surface area (Å²) in [5.74, 6) is 1.97. The fraction of sp³-hybridized carbons (Fsp3) is 0.900. The third-order valence-corrected chi connectivity index (χ3v) is 7.17. The Balaban J connectivity index is 3.94. The van der Waals surface area contributed by atoms with Crippen LogP contribution >= 0.6 is 21.5 Å². The molecule has 2 unspecified atom stereocenters. The molecule has 3 N–H and O–H groups in total. The molecule has 0 radical (unpaired) electrons. The summed E-state index contributed by atoms with van der Waals surface area (Å²) in [6.07, 6.45) is 3.35. The van der Waals surface area contributed by atoms with Crippen LogP contribution in [0.25, 0.3) is 0 Å². The SMILES string of the molecule is CCN(CC)[SH](C)CCCS(N)(C#N)NC. The Morgan fingerprint density at radius 3 is 2.38 bits per heavy atom. The van der Waals surface area contributed by atoms with E-state index in [0.29, 0.717) is 0 Å². The lowest BCUT2D eigenvalue weighted by Gasteiger charge is -2.32. The van der Waals surface area contributed by atoms with Crippen LogP contribution < -0.4 is 9.86 Å². The molecule has 0 fully saturated rings. The second kappa shape index (κ2) is 8.20. The van der Waals surface area contributed by atoms with E-state index in [1.165, 1.54) is 5.75 Å². The van der Waals surface area contributed by atoms with Crippen molar-refractivity contribution in [3.8, 4) is 5.40 Å². The Labute approximate surface area is 105 Å². The van der Waals surface area contributed by atoms with Crippen molar-refractivity contribution in [1.29, 1.82) is 5.26 Å². The summed E-state index contributed by atoms with van der Waals surface area (Å²) >= 11 is -0.0533. The number of rotatable bonds is 8. The molecule has 0 aliphatic rings. The maximum absolute atomic E-state index is 8.95. The standard InChI is InChI=1S/C10H26N4S2/c1-5-14(6-2)15(4)8-7-9-16(12,10-11)13-3/h13,15H,5-9,12H2,1-4H3. The number of nitriles is 1. The van der Waals surface area contributed by atoms with Gasteiger partial charge in [-0.05, 0) is 35.9 Å². The van der Waals surface area contributed by atoms with Crippen molar-refractivity contribution in [1.82, 2.24) is 9.03 Å². The van der Waals surface area contributed by atoms with Crippen LogP contribution in [0.15, 0.2) is 0 Å². The molecule has 98 valence electrons. The minimum absolute atomic E-state index is 0.0533. The Hall–Kier alpha value is 0.0700. The normalized spacial score (nSPS) is 19.9. The Kier molecular flexibility index (Phi) is 8.24. The molecule has 0 heterocycles. The van der Waals surface area contributed by atoms with E-state index in [-0.39, 0.29) is 11.1 Å². The number of nitrogens with two attached hydrogens (primary N) is 1. The summed E-state index contributed by atoms with van der Waals surface area (Å²) in [6.45, 7) is 6.63. The lowest BCUT2D eigenvalue weighted by Crippen LogP contribution is -2.27. The first-order valence-electron chi connectivity index (χ1n) is 5.67. The predicted octanol–water partition coefficient (Wildman–Crippen LogP) is 1.56. The second-order valence-corrected chi connectivity index (χ2v) is 8.58. The summed E-state index contributed by atoms with van der Waals surface area (Å²) in [7, 11) is 0.0732. The number of thiocyanates is 1. The molecular weight excluding hydrogens is 240 g/mol. The highest BCUT2D eigenvalue weighted by Gasteiger charge is 2.15. The minimum Gasteiger partial charge on any atom is -0.272 e. The van der Waals surface area contributed by atoms with Gasteiger partial charge in [0.05, 0.1) is 0 Å². The molecule has 4 nitrogen and oxygen atoms in total. The molecule has 0 spiro atoms. The zero-order chi connectivity index (χ0) is 12.6. The monoisotopic (exact) mass is 266 g/mol. The van der Waals surface area contributed by atoms with Gasteiger partial charge in [-0.25, -0.2) is 11.1 Å². The Bertz CT molecular complexity index is 227. The highest BCUT2D eigenvalue weighted by Crippen LogP contribution is 2.35. The minimum atomic E-state index is -1.70. The highest BCUT2D eigenvalue weighted by molar-refractivity contribution is 8.34. The highest BCUT2D eigenvalue weighted by atomic mass is 32.3. The number of hydrogen-bond donors (Lipinski definition) is 3. The lowest BCUT2D eigenvalue weighted by molar-refractivity contribution is 0.518. The van der Waals surface area contributed by atoms with Gasteiger partial charge in [-0.3, -0.25) is 14.2 Å². The van der Waals surface area contributed by atoms with E-state index in [9.17, 15) is 0 Å². The molecule has 16 heavy (non-hydrogen) atoms. The Morgan fingerprint density at radius 2 is 2.00 bits per heavy atom. The fourth-order valence-corrected chi connectivity index (χ4v) is 4.63. The average molecular weight is 266 g/mol. The molecule has 0 aliphatic heterocycles. The lowest BCUT2D eigenvalue weighted by atomic mass is 10.6. The number of hydrogen-bond acceptors (Lipinski definition) is 4. The van der Waals surface area contributed by atoms with Gasteiger partial charge in [0.15, 0.2) is 0 Å². The summed E-state index contributed by atoms with van der Waals surface area (Å²) in [5.41, 5.74) is 0. The van der Waals surface area contributed by atoms with Gasteiger partial charge < -0.3 is 0 Å². The fourth-order valence-electron chi connectivity index (χ4n) is 1.56. The van der Waals surface area contributed by atoms with Crippen LogP contribution in [0.5, 0.6) is 0 Å². The van der Waals surface area contributed by atoms with E-state index in [2.05, 4.69) is 34.5 Å². The van der Waals surface area contributed by atoms with Crippen molar-refractivity contribution in [2.45, 2.75) is 20.3 Å². The maximum Gasteiger partial charge on any atom is 0.140 e. The van der Waals surface area contributed by atoms with Crippen molar-refractivity contribution in [2.75, 3.05) is 37.9 Å². The van der Waals surface area contributed by atoms with Crippen molar-refractivity contribution in [3.05, 3.63) is 0 Å². The van der Waals surface area contributed by atoms with Crippen LogP contribution in [0, 0.1) is 10.7 Å². The number of nitrogens with zero attached hydrogens (tertiary/aromatic N) is 2. The van der Waals surface area contributed by atoms with Gasteiger partial charge in [-0.2, -0.15) is 5.26 Å². The van der Waals surface area contributed by atoms with Crippen LogP contribution in [0.1, 0.15) is 20.3 Å². The van der Waals surface area contributed by atoms with Gasteiger partial charge in [0.25, 0.3) is 0 Å². The third kappa shape index (κ3) is 5.41. The van der Waals surface area contributed by atoms with Crippen molar-refractivity contribution < 1.29 is 0 Å². The largest absolute Gasteiger partial charge is 0.272 e. The summed E-state index contributed by atoms with van der Waals surface area (Å²) in [4.78, 5) is 0. The van der Waals surface area contributed by atoms with Crippen LogP contribution in [-0.4, -0.2) is 42.2 Å². The quantitative estimate of drug-likeness (QED) is 0.461. The zero-order valence-electron chi connectivity index (χ0n) is 10.9. The molecule has 0 aromatic carbocycles. The van der Waals surface area contributed by atoms with E-state index < -0.39 is 10.4 Å². The van der Waals surface area contributed by atoms with Gasteiger partial charge >= 0.3 is 0 Å². The van der Waals surface area contributed by atoms with E-state index in [0.717, 1.165) is 25.3 Å². The van der Waals surface area contributed by atoms with E-state index >= 15 is 0 Å². The second-order valence-electron chi connectivity index (χ2n) is 3.67. The number of nitrogens with one attached hydrogen (secondary N) is 1. The molecular formula is C10H26N4S2. The Morgan fingerprint density at radius 1 is 1.44 bits per heavy atom. The van der Waals surface area contributed by atoms with E-state index in [1.807, 2.05) is 0 Å². The van der Waals surface area contributed by atoms with Gasteiger partial charge in [0, 0.05) is 18.8 Å². The first-order valence-corrected chi connectivity index (χ1v) is 9.46. The average Bonchev–Trinajstić information content (AvgIpc) is 2.30. The molecule has 0 saturated carbocycles. The maximum atomic E-state index is 8.95. The van der Waals surface area contributed by atoms with Crippen LogP contribution in [0.4, 0.5) is 0 Å². The summed E-state index contributed by atoms with van der Waals surface area (Å²) in [6, 6.07) is 0. The van der Waals surface area contributed by atoms with E-state index in [4.69, 9.17) is 10.4 Å². The van der Waals surface area contributed by atoms with Crippen molar-refractivity contribution in [3.63, 3.8) is 0 Å². The molecule has 0 saturated heterocycles. The topological polar surface area (TPSA) is 65.1 Å². The van der Waals surface area contributed by atoms with Crippen LogP contribution in [0.3, 0.4) is 0 Å². The number of thiol groups is 1. The molecule has 2 atom stereocenters. The first-order chi connectivity index (χ1) is 7.52. The van der Waals surface area contributed by atoms with Crippen molar-refractivity contribution >= 4 is 21.5 Å². The van der Waals surface area contributed by atoms with Gasteiger partial charge in [-0.1, -0.05) is 13.8 Å². The zero-order valence-corrected chi connectivity index (χ0v) is 12.6. The van der Waals surface area contributed by atoms with E-state index in [1.54, 1.807) is 7.05 Å². The summed E-state index contributed by atoms with van der Waals surface area (Å²) < 4.78 is 5.45. The molecule has 0 bridgehead atoms. The molecule has 0 aromatic rings. The van der Waals surface area contributed by atoms with Gasteiger partial charge in [0.1, 0.15) is 5.40 Å². The summed E-state index contributed by atoms with van der Waals surface area (Å²) in [5, 5.41) is 17.1. The first kappa shape index (κ1) is 16.1. The van der Waals surface area contributed by atoms with Crippen LogP contribution in [-0.2, 0) is 0 Å². The predicted molar refractivity (Wildman–Crippen MR) is 78.6 cm³/mol. The molecule has 0 amide bonds. The van der Waals surface area contributed by atoms with Crippen LogP contribution in [0.2, 0.25) is 0 Å².